The fraction of sp³-hybridized carbons (Fsp3) is 0.375. The number of aliphatic hydroxyl groups excluding tert-OH is 1. The van der Waals surface area contributed by atoms with E-state index in [0.717, 1.165) is 24.3 Å². The summed E-state index contributed by atoms with van der Waals surface area (Å²) in [6.07, 6.45) is 4.81. The van der Waals surface area contributed by atoms with Crippen molar-refractivity contribution in [2.75, 3.05) is 27.2 Å². The van der Waals surface area contributed by atoms with Crippen LogP contribution in [-0.2, 0) is 16.0 Å². The summed E-state index contributed by atoms with van der Waals surface area (Å²) in [5.74, 6) is -0.629. The summed E-state index contributed by atoms with van der Waals surface area (Å²) in [6, 6.07) is 8.30. The predicted molar refractivity (Wildman–Crippen MR) is 117 cm³/mol. The number of amides is 1. The number of ketones is 1. The Morgan fingerprint density at radius 1 is 1.29 bits per heavy atom. The van der Waals surface area contributed by atoms with Crippen LogP contribution in [0, 0.1) is 0 Å². The molecule has 2 aliphatic heterocycles. The first-order valence-corrected chi connectivity index (χ1v) is 10.5. The largest absolute Gasteiger partial charge is 0.507 e. The number of Topliss-reactive ketones (excluding diaryl/α,β-unsaturated/α-hetero) is 1. The minimum absolute atomic E-state index is 0.0741. The minimum atomic E-state index is -0.667. The van der Waals surface area contributed by atoms with Gasteiger partial charge in [-0.3, -0.25) is 14.6 Å². The minimum Gasteiger partial charge on any atom is -0.507 e. The van der Waals surface area contributed by atoms with Crippen LogP contribution >= 0.6 is 0 Å². The second kappa shape index (κ2) is 8.51. The standard InChI is InChI=1S/C24H27N3O4/c1-15-12-18-13-16(7-8-19(18)31-15)22(28)20-21(17-6-4-9-25-14-17)27(24(30)23(20)29)11-5-10-26(2)3/h4,6-9,13-15,21,28H,5,10-12H2,1-3H3/b22-20+. The van der Waals surface area contributed by atoms with E-state index in [4.69, 9.17) is 4.74 Å². The smallest absolute Gasteiger partial charge is 0.295 e. The van der Waals surface area contributed by atoms with Gasteiger partial charge in [0.15, 0.2) is 0 Å². The lowest BCUT2D eigenvalue weighted by Gasteiger charge is -2.25. The molecule has 1 aromatic heterocycles. The molecule has 162 valence electrons. The summed E-state index contributed by atoms with van der Waals surface area (Å²) in [4.78, 5) is 33.7. The van der Waals surface area contributed by atoms with Gasteiger partial charge in [-0.2, -0.15) is 0 Å². The third-order valence-corrected chi connectivity index (χ3v) is 5.71. The molecule has 31 heavy (non-hydrogen) atoms. The van der Waals surface area contributed by atoms with Crippen LogP contribution in [0.5, 0.6) is 5.75 Å². The van der Waals surface area contributed by atoms with Crippen molar-refractivity contribution in [3.05, 3.63) is 65.0 Å². The van der Waals surface area contributed by atoms with Gasteiger partial charge in [0.1, 0.15) is 17.6 Å². The van der Waals surface area contributed by atoms with Gasteiger partial charge >= 0.3 is 0 Å². The molecule has 4 rings (SSSR count). The van der Waals surface area contributed by atoms with Gasteiger partial charge in [-0.1, -0.05) is 6.07 Å². The van der Waals surface area contributed by atoms with E-state index in [9.17, 15) is 14.7 Å². The van der Waals surface area contributed by atoms with Crippen molar-refractivity contribution in [1.29, 1.82) is 0 Å². The van der Waals surface area contributed by atoms with Crippen LogP contribution < -0.4 is 4.74 Å². The van der Waals surface area contributed by atoms with Gasteiger partial charge in [-0.05, 0) is 69.4 Å². The first-order chi connectivity index (χ1) is 14.9. The van der Waals surface area contributed by atoms with Gasteiger partial charge in [0, 0.05) is 30.9 Å². The molecule has 7 heteroatoms. The molecule has 7 nitrogen and oxygen atoms in total. The van der Waals surface area contributed by atoms with Gasteiger partial charge in [0.2, 0.25) is 0 Å². The van der Waals surface area contributed by atoms with Crippen LogP contribution in [0.1, 0.15) is 36.1 Å². The number of aromatic nitrogens is 1. The Balaban J connectivity index is 1.76. The molecule has 0 saturated carbocycles. The normalized spacial score (nSPS) is 22.1. The number of hydrogen-bond donors (Lipinski definition) is 1. The van der Waals surface area contributed by atoms with Gasteiger partial charge in [0.05, 0.1) is 11.6 Å². The average Bonchev–Trinajstić information content (AvgIpc) is 3.24. The Labute approximate surface area is 182 Å². The Bertz CT molecular complexity index is 1030. The van der Waals surface area contributed by atoms with Crippen molar-refractivity contribution in [1.82, 2.24) is 14.8 Å². The molecule has 0 bridgehead atoms. The number of carbonyl (C=O) groups is 2. The fourth-order valence-electron chi connectivity index (χ4n) is 4.28. The van der Waals surface area contributed by atoms with E-state index in [-0.39, 0.29) is 17.4 Å². The molecule has 1 fully saturated rings. The fourth-order valence-corrected chi connectivity index (χ4v) is 4.28. The molecule has 2 unspecified atom stereocenters. The van der Waals surface area contributed by atoms with Crippen LogP contribution in [0.25, 0.3) is 5.76 Å². The number of carbonyl (C=O) groups excluding carboxylic acids is 2. The Morgan fingerprint density at radius 3 is 2.81 bits per heavy atom. The number of hydrogen-bond acceptors (Lipinski definition) is 6. The third kappa shape index (κ3) is 4.05. The average molecular weight is 421 g/mol. The highest BCUT2D eigenvalue weighted by Gasteiger charge is 2.46. The van der Waals surface area contributed by atoms with E-state index in [1.807, 2.05) is 38.1 Å². The molecular formula is C24H27N3O4. The number of pyridine rings is 1. The second-order valence-electron chi connectivity index (χ2n) is 8.39. The Kier molecular flexibility index (Phi) is 5.78. The lowest BCUT2D eigenvalue weighted by Crippen LogP contribution is -2.32. The van der Waals surface area contributed by atoms with Crippen LogP contribution in [0.15, 0.2) is 48.3 Å². The first-order valence-electron chi connectivity index (χ1n) is 10.5. The van der Waals surface area contributed by atoms with Crippen molar-refractivity contribution in [3.63, 3.8) is 0 Å². The summed E-state index contributed by atoms with van der Waals surface area (Å²) >= 11 is 0. The monoisotopic (exact) mass is 421 g/mol. The summed E-state index contributed by atoms with van der Waals surface area (Å²) in [7, 11) is 3.93. The van der Waals surface area contributed by atoms with Crippen molar-refractivity contribution in [3.8, 4) is 5.75 Å². The summed E-state index contributed by atoms with van der Waals surface area (Å²) in [5.41, 5.74) is 2.30. The molecule has 2 atom stereocenters. The zero-order valence-electron chi connectivity index (χ0n) is 18.0. The third-order valence-electron chi connectivity index (χ3n) is 5.71. The number of fused-ring (bicyclic) bond motifs is 1. The van der Waals surface area contributed by atoms with E-state index < -0.39 is 17.7 Å². The molecule has 2 aromatic rings. The molecule has 0 aliphatic carbocycles. The van der Waals surface area contributed by atoms with Crippen LogP contribution in [0.2, 0.25) is 0 Å². The highest BCUT2D eigenvalue weighted by Crippen LogP contribution is 2.40. The lowest BCUT2D eigenvalue weighted by atomic mass is 9.95. The van der Waals surface area contributed by atoms with Crippen LogP contribution in [-0.4, -0.2) is 64.9 Å². The maximum atomic E-state index is 13.0. The number of rotatable bonds is 6. The molecule has 1 aromatic carbocycles. The zero-order chi connectivity index (χ0) is 22.1. The Hall–Kier alpha value is -3.19. The highest BCUT2D eigenvalue weighted by atomic mass is 16.5. The Morgan fingerprint density at radius 2 is 2.10 bits per heavy atom. The number of ether oxygens (including phenoxy) is 1. The molecule has 1 saturated heterocycles. The molecule has 1 N–H and O–H groups in total. The van der Waals surface area contributed by atoms with Gasteiger partial charge in [-0.15, -0.1) is 0 Å². The number of nitrogens with zero attached hydrogens (tertiary/aromatic N) is 3. The maximum Gasteiger partial charge on any atom is 0.295 e. The van der Waals surface area contributed by atoms with Crippen molar-refractivity contribution < 1.29 is 19.4 Å². The van der Waals surface area contributed by atoms with E-state index in [1.54, 1.807) is 35.5 Å². The molecular weight excluding hydrogens is 394 g/mol. The quantitative estimate of drug-likeness (QED) is 0.439. The summed E-state index contributed by atoms with van der Waals surface area (Å²) in [5, 5.41) is 11.2. The predicted octanol–water partition coefficient (Wildman–Crippen LogP) is 2.78. The molecule has 1 amide bonds. The highest BCUT2D eigenvalue weighted by molar-refractivity contribution is 6.46. The molecule has 2 aliphatic rings. The van der Waals surface area contributed by atoms with E-state index in [0.29, 0.717) is 24.1 Å². The molecule has 3 heterocycles. The van der Waals surface area contributed by atoms with Gasteiger partial charge in [0.25, 0.3) is 11.7 Å². The van der Waals surface area contributed by atoms with Crippen molar-refractivity contribution >= 4 is 17.4 Å². The number of benzene rings is 1. The SMILES string of the molecule is CC1Cc2cc(/C(O)=C3\C(=O)C(=O)N(CCCN(C)C)C3c3cccnc3)ccc2O1. The topological polar surface area (TPSA) is 83.0 Å². The van der Waals surface area contributed by atoms with Crippen LogP contribution in [0.4, 0.5) is 0 Å². The lowest BCUT2D eigenvalue weighted by molar-refractivity contribution is -0.139. The number of likely N-dealkylation sites (tertiary alicyclic amines) is 1. The summed E-state index contributed by atoms with van der Waals surface area (Å²) < 4.78 is 5.74. The molecule has 0 radical (unpaired) electrons. The van der Waals surface area contributed by atoms with E-state index in [1.165, 1.54) is 0 Å². The van der Waals surface area contributed by atoms with E-state index in [2.05, 4.69) is 4.98 Å². The van der Waals surface area contributed by atoms with E-state index >= 15 is 0 Å². The first kappa shape index (κ1) is 21.1. The maximum absolute atomic E-state index is 13.0. The van der Waals surface area contributed by atoms with Gasteiger partial charge in [-0.25, -0.2) is 0 Å². The second-order valence-corrected chi connectivity index (χ2v) is 8.39. The van der Waals surface area contributed by atoms with Gasteiger partial charge < -0.3 is 19.6 Å². The zero-order valence-corrected chi connectivity index (χ0v) is 18.0. The number of aliphatic hydroxyl groups is 1. The van der Waals surface area contributed by atoms with Crippen molar-refractivity contribution in [2.45, 2.75) is 31.9 Å². The van der Waals surface area contributed by atoms with Crippen molar-refractivity contribution in [2.24, 2.45) is 0 Å². The summed E-state index contributed by atoms with van der Waals surface area (Å²) in [6.45, 7) is 3.18. The van der Waals surface area contributed by atoms with Crippen LogP contribution in [0.3, 0.4) is 0 Å². The molecule has 0 spiro atoms.